The first kappa shape index (κ1) is 18.9. The lowest BCUT2D eigenvalue weighted by Crippen LogP contribution is -2.28. The lowest BCUT2D eigenvalue weighted by molar-refractivity contribution is -0.123. The summed E-state index contributed by atoms with van der Waals surface area (Å²) in [7, 11) is 1.50. The van der Waals surface area contributed by atoms with Crippen molar-refractivity contribution in [2.24, 2.45) is 5.10 Å². The second-order valence-corrected chi connectivity index (χ2v) is 5.11. The third-order valence-electron chi connectivity index (χ3n) is 3.17. The summed E-state index contributed by atoms with van der Waals surface area (Å²) in [5, 5.41) is 14.1. The van der Waals surface area contributed by atoms with Gasteiger partial charge >= 0.3 is 0 Å². The number of likely N-dealkylation sites (N-methyl/N-ethyl adjacent to an activating group) is 1. The van der Waals surface area contributed by atoms with Gasteiger partial charge in [-0.2, -0.15) is 5.10 Å². The molecule has 0 aliphatic heterocycles. The van der Waals surface area contributed by atoms with Gasteiger partial charge in [0.15, 0.2) is 18.1 Å². The number of ether oxygens (including phenoxy) is 2. The van der Waals surface area contributed by atoms with Gasteiger partial charge < -0.3 is 14.8 Å². The number of benzene rings is 1. The molecule has 0 bridgehead atoms. The Morgan fingerprint density at radius 2 is 2.15 bits per heavy atom. The molecule has 0 aliphatic carbocycles. The molecule has 0 unspecified atom stereocenters. The van der Waals surface area contributed by atoms with Crippen LogP contribution in [0.2, 0.25) is 0 Å². The van der Waals surface area contributed by atoms with Crippen molar-refractivity contribution in [3.63, 3.8) is 0 Å². The Labute approximate surface area is 149 Å². The third-order valence-corrected chi connectivity index (χ3v) is 3.17. The normalized spacial score (nSPS) is 10.6. The van der Waals surface area contributed by atoms with Crippen LogP contribution in [0.25, 0.3) is 0 Å². The molecule has 1 aromatic carbocycles. The quantitative estimate of drug-likeness (QED) is 0.460. The highest BCUT2D eigenvalue weighted by Crippen LogP contribution is 2.27. The van der Waals surface area contributed by atoms with Gasteiger partial charge in [0.05, 0.1) is 13.3 Å². The number of hydrogen-bond acceptors (Lipinski definition) is 8. The van der Waals surface area contributed by atoms with Crippen LogP contribution in [0.1, 0.15) is 18.2 Å². The van der Waals surface area contributed by atoms with Crippen molar-refractivity contribution in [3.8, 4) is 11.5 Å². The van der Waals surface area contributed by atoms with E-state index in [0.717, 1.165) is 0 Å². The van der Waals surface area contributed by atoms with E-state index in [2.05, 4.69) is 31.0 Å². The number of nitrogens with zero attached hydrogens (tertiary/aromatic N) is 3. The molecule has 26 heavy (non-hydrogen) atoms. The molecule has 0 saturated heterocycles. The summed E-state index contributed by atoms with van der Waals surface area (Å²) in [5.74, 6) is 0.822. The molecule has 0 radical (unpaired) electrons. The zero-order valence-corrected chi connectivity index (χ0v) is 14.7. The first-order valence-corrected chi connectivity index (χ1v) is 7.83. The van der Waals surface area contributed by atoms with Crippen LogP contribution in [0.5, 0.6) is 11.5 Å². The number of H-pyrrole nitrogens is 1. The van der Waals surface area contributed by atoms with Gasteiger partial charge in [-0.1, -0.05) is 0 Å². The molecule has 1 aromatic heterocycles. The van der Waals surface area contributed by atoms with Crippen molar-refractivity contribution in [1.29, 1.82) is 0 Å². The van der Waals surface area contributed by atoms with Crippen LogP contribution in [0.15, 0.2) is 28.1 Å². The summed E-state index contributed by atoms with van der Waals surface area (Å²) < 4.78 is 10.7. The van der Waals surface area contributed by atoms with Crippen molar-refractivity contribution in [2.45, 2.75) is 13.8 Å². The van der Waals surface area contributed by atoms with Crippen molar-refractivity contribution in [1.82, 2.24) is 20.5 Å². The zero-order valence-electron chi connectivity index (χ0n) is 14.7. The van der Waals surface area contributed by atoms with E-state index in [0.29, 0.717) is 23.6 Å². The molecule has 0 spiro atoms. The average Bonchev–Trinajstić information content (AvgIpc) is 2.63. The molecule has 0 atom stereocenters. The molecule has 0 fully saturated rings. The number of methoxy groups -OCH3 is 1. The Morgan fingerprint density at radius 3 is 2.85 bits per heavy atom. The van der Waals surface area contributed by atoms with Gasteiger partial charge in [-0.25, -0.2) is 5.43 Å². The van der Waals surface area contributed by atoms with E-state index in [9.17, 15) is 9.59 Å². The van der Waals surface area contributed by atoms with E-state index in [-0.39, 0.29) is 29.7 Å². The Hall–Kier alpha value is -3.43. The monoisotopic (exact) mass is 360 g/mol. The van der Waals surface area contributed by atoms with Crippen LogP contribution < -0.4 is 25.8 Å². The first-order valence-electron chi connectivity index (χ1n) is 7.83. The van der Waals surface area contributed by atoms with Crippen LogP contribution in [0.4, 0.5) is 5.95 Å². The number of aromatic amines is 1. The van der Waals surface area contributed by atoms with Crippen LogP contribution >= 0.6 is 0 Å². The molecule has 138 valence electrons. The highest BCUT2D eigenvalue weighted by Gasteiger charge is 2.07. The summed E-state index contributed by atoms with van der Waals surface area (Å²) in [5.41, 5.74) is 3.22. The molecule has 10 heteroatoms. The number of aryl methyl sites for hydroxylation is 1. The van der Waals surface area contributed by atoms with Crippen LogP contribution in [-0.4, -0.2) is 47.6 Å². The number of amides is 1. The van der Waals surface area contributed by atoms with Crippen LogP contribution in [0.3, 0.4) is 0 Å². The van der Waals surface area contributed by atoms with E-state index < -0.39 is 0 Å². The number of carbonyl (C=O) groups excluding carboxylic acids is 1. The zero-order chi connectivity index (χ0) is 18.9. The van der Waals surface area contributed by atoms with Gasteiger partial charge in [-0.3, -0.25) is 14.6 Å². The topological polar surface area (TPSA) is 131 Å². The van der Waals surface area contributed by atoms with Crippen molar-refractivity contribution < 1.29 is 14.3 Å². The SMILES string of the molecule is CCNC(=O)COc1ccc(/C=N\Nc2nnc(C)c(=O)[nH]2)cc1OC. The summed E-state index contributed by atoms with van der Waals surface area (Å²) in [6, 6.07) is 5.11. The molecule has 1 heterocycles. The van der Waals surface area contributed by atoms with Crippen LogP contribution in [0, 0.1) is 6.92 Å². The van der Waals surface area contributed by atoms with Gasteiger partial charge in [0.2, 0.25) is 5.95 Å². The Morgan fingerprint density at radius 1 is 1.35 bits per heavy atom. The van der Waals surface area contributed by atoms with Gasteiger partial charge in [0, 0.05) is 6.54 Å². The van der Waals surface area contributed by atoms with Gasteiger partial charge in [-0.05, 0) is 37.6 Å². The molecule has 0 aliphatic rings. The molecule has 2 rings (SSSR count). The summed E-state index contributed by atoms with van der Waals surface area (Å²) in [6.07, 6.45) is 1.51. The lowest BCUT2D eigenvalue weighted by Gasteiger charge is -2.11. The summed E-state index contributed by atoms with van der Waals surface area (Å²) >= 11 is 0. The Bertz CT molecular complexity index is 849. The van der Waals surface area contributed by atoms with E-state index in [4.69, 9.17) is 9.47 Å². The number of aromatic nitrogens is 3. The highest BCUT2D eigenvalue weighted by atomic mass is 16.5. The fraction of sp³-hybridized carbons (Fsp3) is 0.312. The second kappa shape index (κ2) is 9.16. The lowest BCUT2D eigenvalue weighted by atomic mass is 10.2. The number of hydrazone groups is 1. The van der Waals surface area contributed by atoms with Crippen molar-refractivity contribution in [3.05, 3.63) is 39.8 Å². The number of carbonyl (C=O) groups is 1. The fourth-order valence-corrected chi connectivity index (χ4v) is 1.89. The fourth-order valence-electron chi connectivity index (χ4n) is 1.89. The van der Waals surface area contributed by atoms with Gasteiger partial charge in [-0.15, -0.1) is 10.2 Å². The van der Waals surface area contributed by atoms with Gasteiger partial charge in [0.1, 0.15) is 5.69 Å². The summed E-state index contributed by atoms with van der Waals surface area (Å²) in [4.78, 5) is 25.4. The molecule has 1 amide bonds. The smallest absolute Gasteiger partial charge is 0.274 e. The number of hydrogen-bond donors (Lipinski definition) is 3. The number of anilines is 1. The van der Waals surface area contributed by atoms with E-state index >= 15 is 0 Å². The van der Waals surface area contributed by atoms with Crippen molar-refractivity contribution >= 4 is 18.1 Å². The molecular formula is C16H20N6O4. The molecule has 3 N–H and O–H groups in total. The predicted octanol–water partition coefficient (Wildman–Crippen LogP) is 0.443. The van der Waals surface area contributed by atoms with Crippen LogP contribution in [-0.2, 0) is 4.79 Å². The molecule has 10 nitrogen and oxygen atoms in total. The maximum absolute atomic E-state index is 11.5. The van der Waals surface area contributed by atoms with Gasteiger partial charge in [0.25, 0.3) is 11.5 Å². The maximum Gasteiger partial charge on any atom is 0.274 e. The molecular weight excluding hydrogens is 340 g/mol. The first-order chi connectivity index (χ1) is 12.5. The third kappa shape index (κ3) is 5.30. The minimum Gasteiger partial charge on any atom is -0.493 e. The standard InChI is InChI=1S/C16H20N6O4/c1-4-17-14(23)9-26-12-6-5-11(7-13(12)25-3)8-18-21-16-19-15(24)10(2)20-22-16/h5-8H,4,9H2,1-3H3,(H,17,23)(H2,19,21,22,24)/b18-8-. The predicted molar refractivity (Wildman–Crippen MR) is 95.8 cm³/mol. The Kier molecular flexibility index (Phi) is 6.66. The largest absolute Gasteiger partial charge is 0.493 e. The highest BCUT2D eigenvalue weighted by molar-refractivity contribution is 5.81. The molecule has 2 aromatic rings. The minimum absolute atomic E-state index is 0.0986. The average molecular weight is 360 g/mol. The minimum atomic E-state index is -0.340. The number of rotatable bonds is 8. The second-order valence-electron chi connectivity index (χ2n) is 5.11. The summed E-state index contributed by atoms with van der Waals surface area (Å²) in [6.45, 7) is 3.83. The van der Waals surface area contributed by atoms with E-state index in [1.807, 2.05) is 6.92 Å². The maximum atomic E-state index is 11.5. The van der Waals surface area contributed by atoms with Crippen molar-refractivity contribution in [2.75, 3.05) is 25.7 Å². The number of nitrogens with one attached hydrogen (secondary N) is 3. The van der Waals surface area contributed by atoms with E-state index in [1.165, 1.54) is 13.3 Å². The van der Waals surface area contributed by atoms with E-state index in [1.54, 1.807) is 25.1 Å². The Balaban J connectivity index is 2.02. The molecule has 0 saturated carbocycles.